The molecule has 1 N–H and O–H groups in total. The first kappa shape index (κ1) is 20.5. The van der Waals surface area contributed by atoms with E-state index in [0.29, 0.717) is 17.4 Å². The Morgan fingerprint density at radius 3 is 2.70 bits per heavy atom. The molecule has 0 unspecified atom stereocenters. The number of anilines is 2. The zero-order valence-electron chi connectivity index (χ0n) is 16.4. The Labute approximate surface area is 186 Å². The number of aromatic nitrogens is 4. The summed E-state index contributed by atoms with van der Waals surface area (Å²) in [6.07, 6.45) is 0.184. The van der Waals surface area contributed by atoms with Crippen LogP contribution in [-0.4, -0.2) is 38.6 Å². The summed E-state index contributed by atoms with van der Waals surface area (Å²) in [5, 5.41) is 15.0. The van der Waals surface area contributed by atoms with Crippen molar-refractivity contribution in [3.63, 3.8) is 0 Å². The zero-order valence-corrected chi connectivity index (χ0v) is 18.8. The van der Waals surface area contributed by atoms with Gasteiger partial charge in [0.05, 0.1) is 11.6 Å². The quantitative estimate of drug-likeness (QED) is 0.593. The maximum Gasteiger partial charge on any atom is 0.229 e. The summed E-state index contributed by atoms with van der Waals surface area (Å²) in [6.45, 7) is 2.36. The van der Waals surface area contributed by atoms with E-state index in [9.17, 15) is 9.59 Å². The predicted molar refractivity (Wildman–Crippen MR) is 117 cm³/mol. The van der Waals surface area contributed by atoms with Crippen molar-refractivity contribution in [2.45, 2.75) is 23.4 Å². The first-order chi connectivity index (χ1) is 14.4. The van der Waals surface area contributed by atoms with Crippen molar-refractivity contribution in [2.75, 3.05) is 16.8 Å². The summed E-state index contributed by atoms with van der Waals surface area (Å²) < 4.78 is 2.40. The second-order valence-corrected chi connectivity index (χ2v) is 8.98. The number of aryl methyl sites for hydroxylation is 2. The van der Waals surface area contributed by atoms with Crippen molar-refractivity contribution in [1.29, 1.82) is 0 Å². The van der Waals surface area contributed by atoms with Gasteiger partial charge in [-0.2, -0.15) is 0 Å². The summed E-state index contributed by atoms with van der Waals surface area (Å²) in [6, 6.07) is 13.3. The third kappa shape index (κ3) is 4.39. The van der Waals surface area contributed by atoms with E-state index in [2.05, 4.69) is 36.8 Å². The smallest absolute Gasteiger partial charge is 0.229 e. The van der Waals surface area contributed by atoms with Crippen LogP contribution in [0.2, 0.25) is 0 Å². The Hall–Kier alpha value is -2.72. The molecule has 0 aliphatic carbocycles. The third-order valence-electron chi connectivity index (χ3n) is 4.82. The topological polar surface area (TPSA) is 93.0 Å². The van der Waals surface area contributed by atoms with E-state index in [4.69, 9.17) is 0 Å². The second-order valence-electron chi connectivity index (χ2n) is 7.06. The Morgan fingerprint density at radius 2 is 2.00 bits per heavy atom. The summed E-state index contributed by atoms with van der Waals surface area (Å²) in [7, 11) is 1.75. The van der Waals surface area contributed by atoms with Gasteiger partial charge in [-0.1, -0.05) is 33.6 Å². The fourth-order valence-corrected chi connectivity index (χ4v) is 4.35. The van der Waals surface area contributed by atoms with Crippen LogP contribution in [0.5, 0.6) is 0 Å². The molecule has 1 aromatic heterocycles. The van der Waals surface area contributed by atoms with Crippen LogP contribution in [0, 0.1) is 12.8 Å². The number of carbonyl (C=O) groups is 2. The maximum atomic E-state index is 13.0. The molecular weight excluding hydrogens is 468 g/mol. The minimum atomic E-state index is -0.424. The van der Waals surface area contributed by atoms with Crippen LogP contribution in [0.3, 0.4) is 0 Å². The van der Waals surface area contributed by atoms with Gasteiger partial charge in [-0.15, -0.1) is 5.10 Å². The number of hydrogen-bond acceptors (Lipinski definition) is 6. The Balaban J connectivity index is 1.50. The number of amides is 2. The number of rotatable bonds is 5. The van der Waals surface area contributed by atoms with E-state index in [1.165, 1.54) is 11.8 Å². The van der Waals surface area contributed by atoms with E-state index in [0.717, 1.165) is 20.6 Å². The van der Waals surface area contributed by atoms with Gasteiger partial charge in [0.1, 0.15) is 0 Å². The molecule has 1 fully saturated rings. The molecule has 0 saturated carbocycles. The number of carbonyl (C=O) groups excluding carboxylic acids is 2. The maximum absolute atomic E-state index is 13.0. The highest BCUT2D eigenvalue weighted by Crippen LogP contribution is 2.35. The molecule has 30 heavy (non-hydrogen) atoms. The fraction of sp³-hybridized carbons (Fsp3) is 0.250. The standard InChI is InChI=1S/C20H19BrN6O2S/c1-12-3-6-15(7-4-12)27-11-13(9-18(27)28)19(29)22-16-10-14(21)5-8-17(16)30-20-23-24-25-26(20)2/h3-8,10,13H,9,11H2,1-2H3,(H,22,29)/t13-/m0/s1. The van der Waals surface area contributed by atoms with Gasteiger partial charge in [-0.05, 0) is 59.4 Å². The monoisotopic (exact) mass is 486 g/mol. The molecule has 2 aromatic carbocycles. The molecular formula is C20H19BrN6O2S. The summed E-state index contributed by atoms with van der Waals surface area (Å²) in [4.78, 5) is 28.0. The molecule has 154 valence electrons. The van der Waals surface area contributed by atoms with Gasteiger partial charge >= 0.3 is 0 Å². The van der Waals surface area contributed by atoms with Crippen molar-refractivity contribution in [3.05, 3.63) is 52.5 Å². The lowest BCUT2D eigenvalue weighted by Gasteiger charge is -2.17. The van der Waals surface area contributed by atoms with Crippen LogP contribution in [-0.2, 0) is 16.6 Å². The number of halogens is 1. The van der Waals surface area contributed by atoms with Crippen molar-refractivity contribution in [2.24, 2.45) is 13.0 Å². The first-order valence-corrected chi connectivity index (χ1v) is 10.9. The molecule has 0 radical (unpaired) electrons. The molecule has 2 amide bonds. The van der Waals surface area contributed by atoms with Crippen LogP contribution in [0.15, 0.2) is 57.0 Å². The van der Waals surface area contributed by atoms with E-state index in [1.807, 2.05) is 49.4 Å². The average molecular weight is 487 g/mol. The Morgan fingerprint density at radius 1 is 1.23 bits per heavy atom. The molecule has 2 heterocycles. The molecule has 1 atom stereocenters. The van der Waals surface area contributed by atoms with E-state index >= 15 is 0 Å². The molecule has 0 bridgehead atoms. The zero-order chi connectivity index (χ0) is 21.3. The highest BCUT2D eigenvalue weighted by atomic mass is 79.9. The average Bonchev–Trinajstić information content (AvgIpc) is 3.30. The number of nitrogens with zero attached hydrogens (tertiary/aromatic N) is 5. The van der Waals surface area contributed by atoms with Crippen LogP contribution in [0.1, 0.15) is 12.0 Å². The molecule has 1 aliphatic rings. The normalized spacial score (nSPS) is 16.2. The lowest BCUT2D eigenvalue weighted by atomic mass is 10.1. The molecule has 0 spiro atoms. The van der Waals surface area contributed by atoms with Crippen molar-refractivity contribution >= 4 is 50.9 Å². The number of hydrogen-bond donors (Lipinski definition) is 1. The lowest BCUT2D eigenvalue weighted by molar-refractivity contribution is -0.122. The summed E-state index contributed by atoms with van der Waals surface area (Å²) >= 11 is 4.80. The number of benzene rings is 2. The van der Waals surface area contributed by atoms with E-state index < -0.39 is 5.92 Å². The summed E-state index contributed by atoms with van der Waals surface area (Å²) in [5.74, 6) is -0.658. The second kappa shape index (κ2) is 8.57. The summed E-state index contributed by atoms with van der Waals surface area (Å²) in [5.41, 5.74) is 2.58. The van der Waals surface area contributed by atoms with Crippen LogP contribution < -0.4 is 10.2 Å². The van der Waals surface area contributed by atoms with Gasteiger partial charge < -0.3 is 10.2 Å². The van der Waals surface area contributed by atoms with E-state index in [1.54, 1.807) is 16.6 Å². The lowest BCUT2D eigenvalue weighted by Crippen LogP contribution is -2.28. The molecule has 8 nitrogen and oxygen atoms in total. The van der Waals surface area contributed by atoms with E-state index in [-0.39, 0.29) is 18.2 Å². The third-order valence-corrected chi connectivity index (χ3v) is 6.42. The first-order valence-electron chi connectivity index (χ1n) is 9.28. The van der Waals surface area contributed by atoms with Crippen LogP contribution in [0.4, 0.5) is 11.4 Å². The van der Waals surface area contributed by atoms with Gasteiger partial charge in [0.15, 0.2) is 0 Å². The fourth-order valence-electron chi connectivity index (χ4n) is 3.19. The number of tetrazole rings is 1. The highest BCUT2D eigenvalue weighted by molar-refractivity contribution is 9.10. The van der Waals surface area contributed by atoms with Gasteiger partial charge in [0.25, 0.3) is 0 Å². The van der Waals surface area contributed by atoms with Gasteiger partial charge in [0.2, 0.25) is 17.0 Å². The molecule has 1 saturated heterocycles. The van der Waals surface area contributed by atoms with Crippen molar-refractivity contribution < 1.29 is 9.59 Å². The van der Waals surface area contributed by atoms with Gasteiger partial charge in [-0.3, -0.25) is 9.59 Å². The molecule has 10 heteroatoms. The van der Waals surface area contributed by atoms with Crippen LogP contribution in [0.25, 0.3) is 0 Å². The number of nitrogens with one attached hydrogen (secondary N) is 1. The van der Waals surface area contributed by atoms with Gasteiger partial charge in [0, 0.05) is 35.1 Å². The molecule has 4 rings (SSSR count). The van der Waals surface area contributed by atoms with Crippen molar-refractivity contribution in [1.82, 2.24) is 20.2 Å². The van der Waals surface area contributed by atoms with Crippen LogP contribution >= 0.6 is 27.7 Å². The Kier molecular flexibility index (Phi) is 5.87. The van der Waals surface area contributed by atoms with Gasteiger partial charge in [-0.25, -0.2) is 4.68 Å². The molecule has 1 aliphatic heterocycles. The Bertz CT molecular complexity index is 1100. The minimum Gasteiger partial charge on any atom is -0.325 e. The highest BCUT2D eigenvalue weighted by Gasteiger charge is 2.35. The predicted octanol–water partition coefficient (Wildman–Crippen LogP) is 3.42. The minimum absolute atomic E-state index is 0.0481. The molecule has 3 aromatic rings. The SMILES string of the molecule is Cc1ccc(N2C[C@@H](C(=O)Nc3cc(Br)ccc3Sc3nnnn3C)CC2=O)cc1. The van der Waals surface area contributed by atoms with Crippen molar-refractivity contribution in [3.8, 4) is 0 Å². The largest absolute Gasteiger partial charge is 0.325 e.